The second-order valence-corrected chi connectivity index (χ2v) is 4.99. The standard InChI is InChI=1S/C14H17N3O3/c15-9-4-5-11(12(18)7-9)14-16-13(17-20-14)8-10-3-1-2-6-19-10/h4-5,7,10,18H,1-3,6,8,15H2. The lowest BCUT2D eigenvalue weighted by atomic mass is 10.1. The molecule has 1 aliphatic rings. The van der Waals surface area contributed by atoms with Crippen LogP contribution < -0.4 is 5.73 Å². The molecule has 1 saturated heterocycles. The Labute approximate surface area is 116 Å². The number of benzene rings is 1. The second-order valence-electron chi connectivity index (χ2n) is 4.99. The number of phenols is 1. The van der Waals surface area contributed by atoms with Crippen LogP contribution in [0, 0.1) is 0 Å². The monoisotopic (exact) mass is 275 g/mol. The van der Waals surface area contributed by atoms with Crippen molar-refractivity contribution in [1.82, 2.24) is 10.1 Å². The Morgan fingerprint density at radius 1 is 1.35 bits per heavy atom. The SMILES string of the molecule is Nc1ccc(-c2nc(CC3CCCCO3)no2)c(O)c1. The van der Waals surface area contributed by atoms with Crippen LogP contribution >= 0.6 is 0 Å². The first-order chi connectivity index (χ1) is 9.72. The Bertz CT molecular complexity index is 591. The van der Waals surface area contributed by atoms with E-state index in [0.717, 1.165) is 19.4 Å². The van der Waals surface area contributed by atoms with Crippen molar-refractivity contribution in [2.45, 2.75) is 31.8 Å². The van der Waals surface area contributed by atoms with Gasteiger partial charge in [-0.3, -0.25) is 0 Å². The van der Waals surface area contributed by atoms with Crippen molar-refractivity contribution >= 4 is 5.69 Å². The summed E-state index contributed by atoms with van der Waals surface area (Å²) in [6, 6.07) is 4.81. The van der Waals surface area contributed by atoms with Gasteiger partial charge in [0.25, 0.3) is 5.89 Å². The Kier molecular flexibility index (Phi) is 3.56. The summed E-state index contributed by atoms with van der Waals surface area (Å²) in [5.74, 6) is 0.936. The molecule has 3 rings (SSSR count). The number of aromatic nitrogens is 2. The zero-order valence-corrected chi connectivity index (χ0v) is 11.1. The molecule has 0 spiro atoms. The number of nitrogens with two attached hydrogens (primary N) is 1. The second kappa shape index (κ2) is 5.50. The predicted molar refractivity (Wildman–Crippen MR) is 73.1 cm³/mol. The summed E-state index contributed by atoms with van der Waals surface area (Å²) in [5.41, 5.74) is 6.57. The van der Waals surface area contributed by atoms with Gasteiger partial charge in [-0.1, -0.05) is 5.16 Å². The van der Waals surface area contributed by atoms with E-state index >= 15 is 0 Å². The third-order valence-corrected chi connectivity index (χ3v) is 3.40. The highest BCUT2D eigenvalue weighted by molar-refractivity contribution is 5.66. The van der Waals surface area contributed by atoms with E-state index in [0.29, 0.717) is 29.4 Å². The van der Waals surface area contributed by atoms with Crippen molar-refractivity contribution < 1.29 is 14.4 Å². The van der Waals surface area contributed by atoms with Crippen LogP contribution in [0.4, 0.5) is 5.69 Å². The number of hydrogen-bond donors (Lipinski definition) is 2. The first kappa shape index (κ1) is 12.9. The molecule has 1 aliphatic heterocycles. The van der Waals surface area contributed by atoms with Crippen molar-refractivity contribution in [3.63, 3.8) is 0 Å². The zero-order chi connectivity index (χ0) is 13.9. The molecule has 1 aromatic heterocycles. The molecule has 0 amide bonds. The number of nitrogens with zero attached hydrogens (tertiary/aromatic N) is 2. The van der Waals surface area contributed by atoms with Crippen molar-refractivity contribution in [3.05, 3.63) is 24.0 Å². The minimum absolute atomic E-state index is 0.0362. The quantitative estimate of drug-likeness (QED) is 0.833. The number of hydrogen-bond acceptors (Lipinski definition) is 6. The van der Waals surface area contributed by atoms with Gasteiger partial charge in [-0.05, 0) is 31.4 Å². The molecule has 1 fully saturated rings. The lowest BCUT2D eigenvalue weighted by Crippen LogP contribution is -2.21. The van der Waals surface area contributed by atoms with Gasteiger partial charge in [0.05, 0.1) is 11.7 Å². The third-order valence-electron chi connectivity index (χ3n) is 3.40. The first-order valence-electron chi connectivity index (χ1n) is 6.75. The maximum atomic E-state index is 9.84. The third kappa shape index (κ3) is 2.75. The molecule has 0 aliphatic carbocycles. The van der Waals surface area contributed by atoms with Gasteiger partial charge in [0.1, 0.15) is 5.75 Å². The summed E-state index contributed by atoms with van der Waals surface area (Å²) in [6.07, 6.45) is 4.12. The number of rotatable bonds is 3. The minimum Gasteiger partial charge on any atom is -0.507 e. The Balaban J connectivity index is 1.75. The lowest BCUT2D eigenvalue weighted by Gasteiger charge is -2.20. The van der Waals surface area contributed by atoms with Crippen LogP contribution in [0.1, 0.15) is 25.1 Å². The molecule has 1 atom stereocenters. The number of ether oxygens (including phenoxy) is 1. The van der Waals surface area contributed by atoms with E-state index in [9.17, 15) is 5.11 Å². The largest absolute Gasteiger partial charge is 0.507 e. The molecule has 1 aromatic carbocycles. The van der Waals surface area contributed by atoms with Gasteiger partial charge in [0, 0.05) is 24.8 Å². The van der Waals surface area contributed by atoms with E-state index in [2.05, 4.69) is 10.1 Å². The van der Waals surface area contributed by atoms with E-state index in [1.807, 2.05) is 0 Å². The fourth-order valence-electron chi connectivity index (χ4n) is 2.35. The lowest BCUT2D eigenvalue weighted by molar-refractivity contribution is 0.0153. The van der Waals surface area contributed by atoms with Gasteiger partial charge in [-0.2, -0.15) is 4.98 Å². The van der Waals surface area contributed by atoms with Crippen LogP contribution in [0.5, 0.6) is 5.75 Å². The highest BCUT2D eigenvalue weighted by atomic mass is 16.5. The van der Waals surface area contributed by atoms with Gasteiger partial charge in [0.15, 0.2) is 5.82 Å². The van der Waals surface area contributed by atoms with Crippen LogP contribution in [-0.2, 0) is 11.2 Å². The fraction of sp³-hybridized carbons (Fsp3) is 0.429. The van der Waals surface area contributed by atoms with Crippen LogP contribution in [0.3, 0.4) is 0 Å². The Morgan fingerprint density at radius 3 is 3.00 bits per heavy atom. The van der Waals surface area contributed by atoms with Gasteiger partial charge in [-0.15, -0.1) is 0 Å². The molecule has 3 N–H and O–H groups in total. The summed E-state index contributed by atoms with van der Waals surface area (Å²) in [4.78, 5) is 4.31. The molecule has 2 heterocycles. The molecule has 20 heavy (non-hydrogen) atoms. The Morgan fingerprint density at radius 2 is 2.25 bits per heavy atom. The molecular formula is C14H17N3O3. The zero-order valence-electron chi connectivity index (χ0n) is 11.1. The molecule has 106 valence electrons. The average Bonchev–Trinajstić information content (AvgIpc) is 2.88. The molecule has 1 unspecified atom stereocenters. The van der Waals surface area contributed by atoms with Gasteiger partial charge in [-0.25, -0.2) is 0 Å². The van der Waals surface area contributed by atoms with E-state index in [1.165, 1.54) is 12.5 Å². The van der Waals surface area contributed by atoms with E-state index in [4.69, 9.17) is 15.0 Å². The molecule has 6 heteroatoms. The van der Waals surface area contributed by atoms with E-state index in [1.54, 1.807) is 12.1 Å². The van der Waals surface area contributed by atoms with Gasteiger partial charge < -0.3 is 20.1 Å². The predicted octanol–water partition coefficient (Wildman–Crippen LogP) is 2.14. The van der Waals surface area contributed by atoms with Gasteiger partial charge >= 0.3 is 0 Å². The fourth-order valence-corrected chi connectivity index (χ4v) is 2.35. The summed E-state index contributed by atoms with van der Waals surface area (Å²) < 4.78 is 10.8. The number of anilines is 1. The summed E-state index contributed by atoms with van der Waals surface area (Å²) in [6.45, 7) is 0.800. The van der Waals surface area contributed by atoms with Crippen molar-refractivity contribution in [3.8, 4) is 17.2 Å². The van der Waals surface area contributed by atoms with E-state index in [-0.39, 0.29) is 11.9 Å². The van der Waals surface area contributed by atoms with Crippen LogP contribution in [-0.4, -0.2) is 28.0 Å². The number of nitrogen functional groups attached to an aromatic ring is 1. The Hall–Kier alpha value is -2.08. The van der Waals surface area contributed by atoms with E-state index < -0.39 is 0 Å². The maximum Gasteiger partial charge on any atom is 0.261 e. The molecule has 6 nitrogen and oxygen atoms in total. The number of aromatic hydroxyl groups is 1. The number of phenolic OH excluding ortho intramolecular Hbond substituents is 1. The maximum absolute atomic E-state index is 9.84. The molecule has 0 bridgehead atoms. The first-order valence-corrected chi connectivity index (χ1v) is 6.75. The smallest absolute Gasteiger partial charge is 0.261 e. The van der Waals surface area contributed by atoms with Crippen molar-refractivity contribution in [2.24, 2.45) is 0 Å². The van der Waals surface area contributed by atoms with Crippen LogP contribution in [0.2, 0.25) is 0 Å². The molecule has 2 aromatic rings. The summed E-state index contributed by atoms with van der Waals surface area (Å²) in [5, 5.41) is 13.8. The normalized spacial score (nSPS) is 19.1. The minimum atomic E-state index is 0.0362. The van der Waals surface area contributed by atoms with Crippen molar-refractivity contribution in [1.29, 1.82) is 0 Å². The highest BCUT2D eigenvalue weighted by Crippen LogP contribution is 2.29. The molecular weight excluding hydrogens is 258 g/mol. The van der Waals surface area contributed by atoms with Crippen LogP contribution in [0.15, 0.2) is 22.7 Å². The van der Waals surface area contributed by atoms with Gasteiger partial charge in [0.2, 0.25) is 0 Å². The topological polar surface area (TPSA) is 94.4 Å². The molecule has 0 radical (unpaired) electrons. The van der Waals surface area contributed by atoms with Crippen molar-refractivity contribution in [2.75, 3.05) is 12.3 Å². The summed E-state index contributed by atoms with van der Waals surface area (Å²) in [7, 11) is 0. The molecule has 0 saturated carbocycles. The van der Waals surface area contributed by atoms with Crippen LogP contribution in [0.25, 0.3) is 11.5 Å². The summed E-state index contributed by atoms with van der Waals surface area (Å²) >= 11 is 0. The average molecular weight is 275 g/mol. The highest BCUT2D eigenvalue weighted by Gasteiger charge is 2.19.